The Morgan fingerprint density at radius 3 is 2.45 bits per heavy atom. The van der Waals surface area contributed by atoms with E-state index in [1.807, 2.05) is 60.7 Å². The van der Waals surface area contributed by atoms with E-state index >= 15 is 0 Å². The highest BCUT2D eigenvalue weighted by atomic mass is 16.3. The number of para-hydroxylation sites is 1. The normalized spacial score (nSPS) is 12.2. The number of pyridine rings is 1. The second kappa shape index (κ2) is 7.90. The maximum Gasteiger partial charge on any atom is 0.332 e. The minimum atomic E-state index is -0.551. The van der Waals surface area contributed by atoms with E-state index in [2.05, 4.69) is 10.3 Å². The lowest BCUT2D eigenvalue weighted by molar-refractivity contribution is 0.0939. The lowest BCUT2D eigenvalue weighted by Gasteiger charge is -2.17. The van der Waals surface area contributed by atoms with E-state index in [0.717, 1.165) is 21.1 Å². The molecule has 3 aromatic heterocycles. The molecule has 0 fully saturated rings. The van der Waals surface area contributed by atoms with Crippen LogP contribution in [0.15, 0.2) is 86.9 Å². The number of furan rings is 1. The Bertz CT molecular complexity index is 1600. The summed E-state index contributed by atoms with van der Waals surface area (Å²) in [4.78, 5) is 42.2. The highest BCUT2D eigenvalue weighted by Crippen LogP contribution is 2.28. The van der Waals surface area contributed by atoms with E-state index in [-0.39, 0.29) is 16.6 Å². The Morgan fingerprint density at radius 2 is 1.70 bits per heavy atom. The molecule has 8 nitrogen and oxygen atoms in total. The molecule has 1 N–H and O–H groups in total. The fourth-order valence-corrected chi connectivity index (χ4v) is 3.91. The van der Waals surface area contributed by atoms with Crippen LogP contribution in [0.4, 0.5) is 0 Å². The molecule has 5 rings (SSSR count). The van der Waals surface area contributed by atoms with Crippen molar-refractivity contribution in [1.29, 1.82) is 0 Å². The number of hydrogen-bond acceptors (Lipinski definition) is 5. The Labute approximate surface area is 187 Å². The van der Waals surface area contributed by atoms with Crippen molar-refractivity contribution >= 4 is 27.9 Å². The first-order valence-corrected chi connectivity index (χ1v) is 10.3. The largest absolute Gasteiger partial charge is 0.459 e. The van der Waals surface area contributed by atoms with E-state index in [4.69, 9.17) is 4.42 Å². The van der Waals surface area contributed by atoms with Gasteiger partial charge < -0.3 is 9.73 Å². The number of fused-ring (bicyclic) bond motifs is 2. The molecule has 0 radical (unpaired) electrons. The topological polar surface area (TPSA) is 99.1 Å². The first kappa shape index (κ1) is 20.4. The van der Waals surface area contributed by atoms with Crippen molar-refractivity contribution in [3.63, 3.8) is 0 Å². The lowest BCUT2D eigenvalue weighted by Crippen LogP contribution is -2.37. The molecule has 0 saturated heterocycles. The number of aromatic nitrogens is 3. The molecule has 0 aliphatic heterocycles. The second-order valence-electron chi connectivity index (χ2n) is 7.80. The van der Waals surface area contributed by atoms with Gasteiger partial charge in [0.25, 0.3) is 11.5 Å². The summed E-state index contributed by atoms with van der Waals surface area (Å²) in [7, 11) is 2.92. The van der Waals surface area contributed by atoms with Crippen LogP contribution in [-0.4, -0.2) is 20.0 Å². The summed E-state index contributed by atoms with van der Waals surface area (Å²) in [5.74, 6) is 0.164. The number of nitrogens with one attached hydrogen (secondary N) is 1. The number of rotatable bonds is 4. The number of amides is 1. The van der Waals surface area contributed by atoms with Crippen LogP contribution in [-0.2, 0) is 14.1 Å². The first-order chi connectivity index (χ1) is 15.9. The summed E-state index contributed by atoms with van der Waals surface area (Å²) < 4.78 is 8.30. The number of benzene rings is 2. The van der Waals surface area contributed by atoms with Gasteiger partial charge in [-0.2, -0.15) is 0 Å². The molecule has 0 unspecified atom stereocenters. The average Bonchev–Trinajstić information content (AvgIpc) is 3.28. The summed E-state index contributed by atoms with van der Waals surface area (Å²) in [5, 5.41) is 4.12. The van der Waals surface area contributed by atoms with Crippen LogP contribution < -0.4 is 16.6 Å². The van der Waals surface area contributed by atoms with Crippen molar-refractivity contribution in [2.75, 3.05) is 0 Å². The smallest absolute Gasteiger partial charge is 0.332 e. The monoisotopic (exact) mass is 440 g/mol. The Kier molecular flexibility index (Phi) is 4.90. The molecule has 0 saturated carbocycles. The molecule has 1 amide bonds. The van der Waals surface area contributed by atoms with E-state index in [1.54, 1.807) is 0 Å². The van der Waals surface area contributed by atoms with Gasteiger partial charge in [0.1, 0.15) is 23.0 Å². The van der Waals surface area contributed by atoms with E-state index in [0.29, 0.717) is 5.76 Å². The maximum atomic E-state index is 13.2. The van der Waals surface area contributed by atoms with E-state index in [9.17, 15) is 14.4 Å². The number of nitrogens with zero attached hydrogens (tertiary/aromatic N) is 3. The van der Waals surface area contributed by atoms with Gasteiger partial charge in [-0.25, -0.2) is 9.78 Å². The summed E-state index contributed by atoms with van der Waals surface area (Å²) in [6, 6.07) is 19.9. The Morgan fingerprint density at radius 1 is 0.970 bits per heavy atom. The second-order valence-corrected chi connectivity index (χ2v) is 7.80. The van der Waals surface area contributed by atoms with Gasteiger partial charge in [0.05, 0.1) is 10.9 Å². The van der Waals surface area contributed by atoms with E-state index in [1.165, 1.54) is 30.9 Å². The predicted octanol–water partition coefficient (Wildman–Crippen LogP) is 2.90. The predicted molar refractivity (Wildman–Crippen MR) is 124 cm³/mol. The minimum Gasteiger partial charge on any atom is -0.459 e. The lowest BCUT2D eigenvalue weighted by atomic mass is 10.0. The van der Waals surface area contributed by atoms with Gasteiger partial charge >= 0.3 is 5.69 Å². The molecule has 0 bridgehead atoms. The van der Waals surface area contributed by atoms with Gasteiger partial charge in [-0.3, -0.25) is 18.7 Å². The van der Waals surface area contributed by atoms with Crippen molar-refractivity contribution < 1.29 is 9.21 Å². The third-order valence-electron chi connectivity index (χ3n) is 5.69. The average molecular weight is 440 g/mol. The Balaban J connectivity index is 1.57. The summed E-state index contributed by atoms with van der Waals surface area (Å²) in [6.45, 7) is 0. The standard InChI is InChI=1S/C25H20N4O4/c1-28-22-18(24(31)29(2)25(28)32)12-17(14-26-22)23(30)27-21(15-8-4-3-5-9-15)20-13-16-10-6-7-11-19(16)33-20/h3-14,21H,1-2H3,(H,27,30)/t21-/m0/s1. The third-order valence-corrected chi connectivity index (χ3v) is 5.69. The molecule has 3 heterocycles. The summed E-state index contributed by atoms with van der Waals surface area (Å²) in [5.41, 5.74) is 1.00. The zero-order valence-corrected chi connectivity index (χ0v) is 18.0. The van der Waals surface area contributed by atoms with Crippen molar-refractivity contribution in [2.24, 2.45) is 14.1 Å². The van der Waals surface area contributed by atoms with Crippen molar-refractivity contribution in [3.05, 3.63) is 111 Å². The van der Waals surface area contributed by atoms with Gasteiger partial charge in [-0.1, -0.05) is 48.5 Å². The number of carbonyl (C=O) groups excluding carboxylic acids is 1. The van der Waals surface area contributed by atoms with Crippen LogP contribution in [0.25, 0.3) is 22.0 Å². The van der Waals surface area contributed by atoms with E-state index < -0.39 is 23.2 Å². The molecule has 33 heavy (non-hydrogen) atoms. The summed E-state index contributed by atoms with van der Waals surface area (Å²) >= 11 is 0. The molecular weight excluding hydrogens is 420 g/mol. The SMILES string of the molecule is Cn1c(=O)c2cc(C(=O)N[C@@H](c3ccccc3)c3cc4ccccc4o3)cnc2n(C)c1=O. The zero-order valence-electron chi connectivity index (χ0n) is 18.0. The highest BCUT2D eigenvalue weighted by Gasteiger charge is 2.22. The molecule has 8 heteroatoms. The van der Waals surface area contributed by atoms with Crippen LogP contribution >= 0.6 is 0 Å². The van der Waals surface area contributed by atoms with Crippen molar-refractivity contribution in [3.8, 4) is 0 Å². The number of hydrogen-bond donors (Lipinski definition) is 1. The number of carbonyl (C=O) groups is 1. The zero-order chi connectivity index (χ0) is 23.1. The number of aryl methyl sites for hydroxylation is 1. The molecule has 5 aromatic rings. The highest BCUT2D eigenvalue weighted by molar-refractivity contribution is 5.97. The fraction of sp³-hybridized carbons (Fsp3) is 0.120. The molecular formula is C25H20N4O4. The van der Waals surface area contributed by atoms with Gasteiger partial charge in [0.15, 0.2) is 0 Å². The molecule has 0 aliphatic carbocycles. The van der Waals surface area contributed by atoms with Crippen LogP contribution in [0.5, 0.6) is 0 Å². The van der Waals surface area contributed by atoms with Gasteiger partial charge in [-0.15, -0.1) is 0 Å². The van der Waals surface area contributed by atoms with Crippen LogP contribution in [0.3, 0.4) is 0 Å². The van der Waals surface area contributed by atoms with Gasteiger partial charge in [0, 0.05) is 25.7 Å². The molecule has 1 atom stereocenters. The third kappa shape index (κ3) is 3.51. The quantitative estimate of drug-likeness (QED) is 0.463. The maximum absolute atomic E-state index is 13.2. The van der Waals surface area contributed by atoms with Crippen molar-refractivity contribution in [2.45, 2.75) is 6.04 Å². The van der Waals surface area contributed by atoms with Gasteiger partial charge in [0.2, 0.25) is 0 Å². The van der Waals surface area contributed by atoms with Crippen molar-refractivity contribution in [1.82, 2.24) is 19.4 Å². The minimum absolute atomic E-state index is 0.187. The molecule has 164 valence electrons. The fourth-order valence-electron chi connectivity index (χ4n) is 3.91. The van der Waals surface area contributed by atoms with Crippen LogP contribution in [0.1, 0.15) is 27.7 Å². The Hall–Kier alpha value is -4.46. The molecule has 0 spiro atoms. The first-order valence-electron chi connectivity index (χ1n) is 10.3. The molecule has 2 aromatic carbocycles. The molecule has 0 aliphatic rings. The summed E-state index contributed by atoms with van der Waals surface area (Å²) in [6.07, 6.45) is 1.36. The van der Waals surface area contributed by atoms with Crippen LogP contribution in [0, 0.1) is 0 Å². The van der Waals surface area contributed by atoms with Gasteiger partial charge in [-0.05, 0) is 23.8 Å². The van der Waals surface area contributed by atoms with Crippen LogP contribution in [0.2, 0.25) is 0 Å².